The van der Waals surface area contributed by atoms with Crippen LogP contribution in [-0.4, -0.2) is 53.7 Å². The monoisotopic (exact) mass is 434 g/mol. The van der Waals surface area contributed by atoms with E-state index in [4.69, 9.17) is 14.1 Å². The van der Waals surface area contributed by atoms with E-state index in [1.54, 1.807) is 28.4 Å². The van der Waals surface area contributed by atoms with E-state index >= 15 is 0 Å². The molecule has 31 heavy (non-hydrogen) atoms. The number of nitrogens with zero attached hydrogens (tertiary/aromatic N) is 1. The number of ether oxygens (including phenoxy) is 2. The number of carbonyl (C=O) groups excluding carboxylic acids is 1. The number of hydrogen-bond donors (Lipinski definition) is 1. The van der Waals surface area contributed by atoms with Crippen LogP contribution >= 0.6 is 0 Å². The Morgan fingerprint density at radius 1 is 1.16 bits per heavy atom. The zero-order chi connectivity index (χ0) is 24.2. The van der Waals surface area contributed by atoms with Gasteiger partial charge in [-0.1, -0.05) is 26.0 Å². The molecule has 0 aromatic heterocycles. The lowest BCUT2D eigenvalue weighted by Crippen LogP contribution is -2.49. The Kier molecular flexibility index (Phi) is 9.04. The molecular weight excluding hydrogens is 393 g/mol. The van der Waals surface area contributed by atoms with Gasteiger partial charge in [0, 0.05) is 13.0 Å². The van der Waals surface area contributed by atoms with Gasteiger partial charge in [0.25, 0.3) is 0 Å². The average Bonchev–Trinajstić information content (AvgIpc) is 2.62. The van der Waals surface area contributed by atoms with Gasteiger partial charge in [0.1, 0.15) is 11.4 Å². The van der Waals surface area contributed by atoms with E-state index in [0.717, 1.165) is 17.4 Å². The second kappa shape index (κ2) is 10.3. The summed E-state index contributed by atoms with van der Waals surface area (Å²) in [7, 11) is 3.32. The highest BCUT2D eigenvalue weighted by atomic mass is 16.6. The highest BCUT2D eigenvalue weighted by Crippen LogP contribution is 2.26. The minimum Gasteiger partial charge on any atom is -0.470 e. The van der Waals surface area contributed by atoms with Crippen molar-refractivity contribution in [1.29, 1.82) is 0 Å². The first-order chi connectivity index (χ1) is 14.0. The third kappa shape index (κ3) is 8.04. The Balaban J connectivity index is 3.07. The number of carbonyl (C=O) groups is 1. The normalized spacial score (nSPS) is 14.6. The molecule has 0 bridgehead atoms. The number of hydrogen-bond acceptors (Lipinski definition) is 5. The van der Waals surface area contributed by atoms with E-state index < -0.39 is 29.1 Å². The summed E-state index contributed by atoms with van der Waals surface area (Å²) in [6, 6.07) is 5.76. The number of rotatable bonds is 9. The van der Waals surface area contributed by atoms with Crippen molar-refractivity contribution in [3.63, 3.8) is 0 Å². The van der Waals surface area contributed by atoms with Gasteiger partial charge in [-0.25, -0.2) is 4.79 Å². The average molecular weight is 434 g/mol. The molecule has 0 aliphatic heterocycles. The quantitative estimate of drug-likeness (QED) is 0.460. The van der Waals surface area contributed by atoms with Crippen LogP contribution in [0.3, 0.4) is 0 Å². The molecule has 175 valence electrons. The zero-order valence-electron chi connectivity index (χ0n) is 21.2. The van der Waals surface area contributed by atoms with E-state index in [9.17, 15) is 9.90 Å². The molecule has 1 radical (unpaired) electrons. The highest BCUT2D eigenvalue weighted by molar-refractivity contribution is 6.47. The van der Waals surface area contributed by atoms with Crippen molar-refractivity contribution in [3.8, 4) is 5.75 Å². The Bertz CT molecular complexity index is 736. The fourth-order valence-corrected chi connectivity index (χ4v) is 2.52. The summed E-state index contributed by atoms with van der Waals surface area (Å²) in [6.07, 6.45) is -0.0677. The Labute approximate surface area is 189 Å². The van der Waals surface area contributed by atoms with Crippen LogP contribution in [0.15, 0.2) is 18.2 Å². The van der Waals surface area contributed by atoms with Gasteiger partial charge in [-0.05, 0) is 78.9 Å². The maximum atomic E-state index is 12.6. The topological polar surface area (TPSA) is 68.2 Å². The number of benzene rings is 1. The van der Waals surface area contributed by atoms with Crippen molar-refractivity contribution in [1.82, 2.24) is 4.90 Å². The van der Waals surface area contributed by atoms with Gasteiger partial charge in [0.15, 0.2) is 6.23 Å². The van der Waals surface area contributed by atoms with Crippen LogP contribution in [0.1, 0.15) is 74.3 Å². The molecule has 1 aromatic rings. The molecule has 0 saturated carbocycles. The number of amides is 1. The van der Waals surface area contributed by atoms with Gasteiger partial charge < -0.3 is 19.2 Å². The number of aryl methyl sites for hydroxylation is 1. The van der Waals surface area contributed by atoms with E-state index in [1.165, 1.54) is 4.90 Å². The van der Waals surface area contributed by atoms with Crippen molar-refractivity contribution in [2.24, 2.45) is 5.92 Å². The van der Waals surface area contributed by atoms with E-state index in [2.05, 4.69) is 6.92 Å². The molecule has 2 unspecified atom stereocenters. The highest BCUT2D eigenvalue weighted by Gasteiger charge is 2.36. The molecule has 0 aliphatic carbocycles. The fraction of sp³-hybridized carbons (Fsp3) is 0.708. The predicted molar refractivity (Wildman–Crippen MR) is 126 cm³/mol. The molecule has 0 spiro atoms. The molecule has 7 heteroatoms. The summed E-state index contributed by atoms with van der Waals surface area (Å²) < 4.78 is 17.7. The molecule has 2 atom stereocenters. The van der Waals surface area contributed by atoms with Crippen LogP contribution in [-0.2, 0) is 9.39 Å². The molecule has 0 saturated heterocycles. The first-order valence-corrected chi connectivity index (χ1v) is 10.9. The summed E-state index contributed by atoms with van der Waals surface area (Å²) >= 11 is 0. The lowest BCUT2D eigenvalue weighted by molar-refractivity contribution is -0.0893. The van der Waals surface area contributed by atoms with Crippen LogP contribution in [0.5, 0.6) is 5.75 Å². The van der Waals surface area contributed by atoms with Gasteiger partial charge >= 0.3 is 13.6 Å². The zero-order valence-corrected chi connectivity index (χ0v) is 21.2. The second-order valence-electron chi connectivity index (χ2n) is 10.3. The minimum absolute atomic E-state index is 0.0925. The lowest BCUT2D eigenvalue weighted by Gasteiger charge is -2.37. The van der Waals surface area contributed by atoms with Gasteiger partial charge in [-0.2, -0.15) is 0 Å². The molecule has 1 rings (SSSR count). The van der Waals surface area contributed by atoms with Gasteiger partial charge in [0.05, 0.1) is 11.2 Å². The van der Waals surface area contributed by atoms with Gasteiger partial charge in [0.2, 0.25) is 0 Å². The summed E-state index contributed by atoms with van der Waals surface area (Å²) in [6.45, 7) is 18.7. The standard InChI is InChI=1S/C24H41BNO5/c1-12-16(2)20(26(11)21(27)30-22(4,5)6)29-19-15-18(14-13-17(19)3)25-31-24(9,10)23(7,8)28/h13-16,20,28H,12H2,1-11H3. The molecular formula is C24H41BNO5. The van der Waals surface area contributed by atoms with Crippen LogP contribution in [0.2, 0.25) is 0 Å². The maximum Gasteiger partial charge on any atom is 0.412 e. The molecule has 0 aliphatic rings. The number of aliphatic hydroxyl groups is 1. The molecule has 0 fully saturated rings. The summed E-state index contributed by atoms with van der Waals surface area (Å²) in [5.41, 5.74) is -0.605. The largest absolute Gasteiger partial charge is 0.470 e. The van der Waals surface area contributed by atoms with Crippen molar-refractivity contribution in [2.45, 2.75) is 98.7 Å². The Morgan fingerprint density at radius 2 is 1.74 bits per heavy atom. The van der Waals surface area contributed by atoms with Crippen molar-refractivity contribution >= 4 is 19.0 Å². The second-order valence-corrected chi connectivity index (χ2v) is 10.3. The van der Waals surface area contributed by atoms with Crippen molar-refractivity contribution < 1.29 is 24.0 Å². The predicted octanol–water partition coefficient (Wildman–Crippen LogP) is 4.42. The smallest absolute Gasteiger partial charge is 0.412 e. The van der Waals surface area contributed by atoms with E-state index in [0.29, 0.717) is 5.75 Å². The lowest BCUT2D eigenvalue weighted by atomic mass is 9.82. The maximum absolute atomic E-state index is 12.6. The van der Waals surface area contributed by atoms with Crippen LogP contribution in [0.25, 0.3) is 0 Å². The Hall–Kier alpha value is -1.73. The molecule has 1 N–H and O–H groups in total. The first kappa shape index (κ1) is 27.3. The summed E-state index contributed by atoms with van der Waals surface area (Å²) in [5, 5.41) is 10.3. The summed E-state index contributed by atoms with van der Waals surface area (Å²) in [4.78, 5) is 14.2. The molecule has 1 aromatic carbocycles. The van der Waals surface area contributed by atoms with Crippen LogP contribution in [0.4, 0.5) is 4.79 Å². The van der Waals surface area contributed by atoms with Crippen molar-refractivity contribution in [2.75, 3.05) is 7.05 Å². The Morgan fingerprint density at radius 3 is 2.23 bits per heavy atom. The molecule has 6 nitrogen and oxygen atoms in total. The third-order valence-electron chi connectivity index (χ3n) is 5.62. The minimum atomic E-state index is -1.01. The van der Waals surface area contributed by atoms with E-state index in [-0.39, 0.29) is 5.92 Å². The molecule has 1 amide bonds. The first-order valence-electron chi connectivity index (χ1n) is 10.9. The third-order valence-corrected chi connectivity index (χ3v) is 5.62. The van der Waals surface area contributed by atoms with Crippen LogP contribution in [0, 0.1) is 12.8 Å². The van der Waals surface area contributed by atoms with Gasteiger partial charge in [-0.3, -0.25) is 4.90 Å². The van der Waals surface area contributed by atoms with Gasteiger partial charge in [-0.15, -0.1) is 0 Å². The van der Waals surface area contributed by atoms with E-state index in [1.807, 2.05) is 66.7 Å². The SMILES string of the molecule is CCC(C)C(Oc1cc([B]OC(C)(C)C(C)(C)O)ccc1C)N(C)C(=O)OC(C)(C)C. The molecule has 0 heterocycles. The van der Waals surface area contributed by atoms with Crippen LogP contribution < -0.4 is 10.2 Å². The van der Waals surface area contributed by atoms with Crippen molar-refractivity contribution in [3.05, 3.63) is 23.8 Å². The summed E-state index contributed by atoms with van der Waals surface area (Å²) in [5.74, 6) is 0.758. The fourth-order valence-electron chi connectivity index (χ4n) is 2.52.